The van der Waals surface area contributed by atoms with Gasteiger partial charge in [0.1, 0.15) is 22.6 Å². The number of rotatable bonds is 9. The molecule has 4 rings (SSSR count). The van der Waals surface area contributed by atoms with Crippen LogP contribution in [0.2, 0.25) is 0 Å². The van der Waals surface area contributed by atoms with Gasteiger partial charge >= 0.3 is 12.1 Å². The smallest absolute Gasteiger partial charge is 0.449 e. The Hall–Kier alpha value is -3.83. The third-order valence-corrected chi connectivity index (χ3v) is 8.43. The van der Waals surface area contributed by atoms with Gasteiger partial charge < -0.3 is 9.52 Å². The van der Waals surface area contributed by atoms with Gasteiger partial charge in [0.05, 0.1) is 28.2 Å². The first-order chi connectivity index (χ1) is 19.2. The molecule has 0 spiro atoms. The van der Waals surface area contributed by atoms with Gasteiger partial charge in [-0.15, -0.1) is 0 Å². The van der Waals surface area contributed by atoms with Gasteiger partial charge in [0.2, 0.25) is 5.76 Å². The summed E-state index contributed by atoms with van der Waals surface area (Å²) >= 11 is 0. The minimum Gasteiger partial charge on any atom is -0.481 e. The fourth-order valence-corrected chi connectivity index (χ4v) is 5.80. The number of aromatic nitrogens is 2. The highest BCUT2D eigenvalue weighted by Crippen LogP contribution is 2.32. The molecule has 1 unspecified atom stereocenters. The third-order valence-electron chi connectivity index (χ3n) is 6.76. The van der Waals surface area contributed by atoms with E-state index < -0.39 is 34.3 Å². The number of aliphatic carboxylic acids is 1. The number of hydrogen-bond donors (Lipinski definition) is 1. The van der Waals surface area contributed by atoms with Crippen molar-refractivity contribution in [1.82, 2.24) is 14.3 Å². The maximum Gasteiger partial charge on any atom is 0.449 e. The van der Waals surface area contributed by atoms with Gasteiger partial charge in [-0.2, -0.15) is 13.2 Å². The van der Waals surface area contributed by atoms with Crippen LogP contribution in [0.1, 0.15) is 53.7 Å². The van der Waals surface area contributed by atoms with Crippen LogP contribution in [0, 0.1) is 20.8 Å². The van der Waals surface area contributed by atoms with E-state index in [1.807, 2.05) is 36.4 Å². The lowest BCUT2D eigenvalue weighted by molar-refractivity contribution is -0.153. The van der Waals surface area contributed by atoms with Crippen molar-refractivity contribution in [2.24, 2.45) is 0 Å². The molecule has 11 heteroatoms. The van der Waals surface area contributed by atoms with Crippen molar-refractivity contribution in [3.63, 3.8) is 0 Å². The Morgan fingerprint density at radius 2 is 1.56 bits per heavy atom. The Morgan fingerprint density at radius 3 is 2.12 bits per heavy atom. The largest absolute Gasteiger partial charge is 0.481 e. The maximum absolute atomic E-state index is 13.8. The summed E-state index contributed by atoms with van der Waals surface area (Å²) in [5, 5.41) is 9.60. The number of furan rings is 1. The molecule has 2 heterocycles. The van der Waals surface area contributed by atoms with Gasteiger partial charge in [0.25, 0.3) is 0 Å². The molecule has 0 fully saturated rings. The zero-order chi connectivity index (χ0) is 30.1. The molecule has 1 N–H and O–H groups in total. The second kappa shape index (κ2) is 11.6. The summed E-state index contributed by atoms with van der Waals surface area (Å²) in [6, 6.07) is 16.8. The molecule has 0 saturated carbocycles. The van der Waals surface area contributed by atoms with Crippen molar-refractivity contribution >= 4 is 17.0 Å². The van der Waals surface area contributed by atoms with Crippen molar-refractivity contribution < 1.29 is 31.7 Å². The monoisotopic (exact) mass is 585 g/mol. The molecule has 41 heavy (non-hydrogen) atoms. The fraction of sp³-hybridized carbons (Fsp3) is 0.300. The number of carbonyl (C=O) groups is 1. The third kappa shape index (κ3) is 6.74. The van der Waals surface area contributed by atoms with Crippen molar-refractivity contribution in [3.8, 4) is 11.1 Å². The Balaban J connectivity index is 1.64. The zero-order valence-corrected chi connectivity index (χ0v) is 24.1. The number of benzene rings is 2. The highest BCUT2D eigenvalue weighted by molar-refractivity contribution is 7.82. The number of aryl methyl sites for hydroxylation is 3. The molecule has 4 aromatic rings. The van der Waals surface area contributed by atoms with Crippen molar-refractivity contribution in [2.45, 2.75) is 64.2 Å². The number of hydrogen-bond acceptors (Lipinski definition) is 5. The van der Waals surface area contributed by atoms with Crippen LogP contribution in [-0.4, -0.2) is 29.6 Å². The van der Waals surface area contributed by atoms with Gasteiger partial charge in [-0.1, -0.05) is 48.5 Å². The highest BCUT2D eigenvalue weighted by atomic mass is 32.2. The van der Waals surface area contributed by atoms with E-state index >= 15 is 0 Å². The summed E-state index contributed by atoms with van der Waals surface area (Å²) in [7, 11) is -1.81. The summed E-state index contributed by atoms with van der Waals surface area (Å²) < 4.78 is 59.8. The van der Waals surface area contributed by atoms with Crippen LogP contribution in [0.3, 0.4) is 0 Å². The van der Waals surface area contributed by atoms with Crippen LogP contribution in [-0.2, 0) is 40.5 Å². The lowest BCUT2D eigenvalue weighted by Crippen LogP contribution is -2.28. The summed E-state index contributed by atoms with van der Waals surface area (Å²) in [5.41, 5.74) is 3.09. The number of carboxylic acid groups (broad SMARTS) is 1. The molecule has 1 atom stereocenters. The van der Waals surface area contributed by atoms with Crippen LogP contribution >= 0.6 is 0 Å². The Bertz CT molecular complexity index is 1570. The van der Waals surface area contributed by atoms with Crippen LogP contribution in [0.15, 0.2) is 70.0 Å². The topological polar surface area (TPSA) is 96.5 Å². The number of halogens is 3. The van der Waals surface area contributed by atoms with Crippen molar-refractivity contribution in [1.29, 1.82) is 0 Å². The van der Waals surface area contributed by atoms with E-state index in [4.69, 9.17) is 4.42 Å². The minimum atomic E-state index is -4.63. The molecule has 0 amide bonds. The first-order valence-corrected chi connectivity index (χ1v) is 13.9. The summed E-state index contributed by atoms with van der Waals surface area (Å²) in [6.45, 7) is 8.44. The maximum atomic E-state index is 13.8. The number of carboxylic acids is 1. The summed E-state index contributed by atoms with van der Waals surface area (Å²) in [6.07, 6.45) is -4.63. The molecule has 7 nitrogen and oxygen atoms in total. The molecule has 0 aliphatic heterocycles. The van der Waals surface area contributed by atoms with Gasteiger partial charge in [0.15, 0.2) is 0 Å². The van der Waals surface area contributed by atoms with Crippen molar-refractivity contribution in [3.05, 3.63) is 101 Å². The molecule has 216 valence electrons. The van der Waals surface area contributed by atoms with Crippen LogP contribution in [0.4, 0.5) is 13.2 Å². The van der Waals surface area contributed by atoms with Gasteiger partial charge in [-0.25, -0.2) is 18.5 Å². The quantitative estimate of drug-likeness (QED) is 0.233. The zero-order valence-electron chi connectivity index (χ0n) is 23.2. The van der Waals surface area contributed by atoms with E-state index in [-0.39, 0.29) is 18.8 Å². The minimum absolute atomic E-state index is 0.0171. The van der Waals surface area contributed by atoms with E-state index in [0.29, 0.717) is 27.7 Å². The van der Waals surface area contributed by atoms with E-state index in [1.165, 1.54) is 10.4 Å². The number of nitrogens with zero attached hydrogens (tertiary/aromatic N) is 3. The molecule has 0 aliphatic rings. The second-order valence-corrected chi connectivity index (χ2v) is 11.7. The van der Waals surface area contributed by atoms with Crippen LogP contribution < -0.4 is 0 Å². The lowest BCUT2D eigenvalue weighted by Gasteiger charge is -2.22. The Kier molecular flexibility index (Phi) is 8.51. The van der Waals surface area contributed by atoms with Gasteiger partial charge in [-0.05, 0) is 69.0 Å². The lowest BCUT2D eigenvalue weighted by atomic mass is 9.83. The van der Waals surface area contributed by atoms with E-state index in [0.717, 1.165) is 22.8 Å². The molecule has 0 bridgehead atoms. The SMILES string of the molecule is Cc1nc(C)c(S(=O)N(Cc2ccc(-c3cccc(C(C)(C)C(=O)O)c3)cc2)Cc2ccc(C(F)(F)F)o2)c(C)n1. The Morgan fingerprint density at radius 1 is 0.927 bits per heavy atom. The van der Waals surface area contributed by atoms with E-state index in [1.54, 1.807) is 46.8 Å². The van der Waals surface area contributed by atoms with Crippen molar-refractivity contribution in [2.75, 3.05) is 0 Å². The first-order valence-electron chi connectivity index (χ1n) is 12.7. The first kappa shape index (κ1) is 30.1. The average Bonchev–Trinajstić information content (AvgIpc) is 3.37. The van der Waals surface area contributed by atoms with Gasteiger partial charge in [-0.3, -0.25) is 4.79 Å². The molecule has 0 aliphatic carbocycles. The second-order valence-electron chi connectivity index (χ2n) is 10.3. The van der Waals surface area contributed by atoms with E-state index in [9.17, 15) is 27.3 Å². The predicted molar refractivity (Wildman–Crippen MR) is 148 cm³/mol. The average molecular weight is 586 g/mol. The molecule has 0 saturated heterocycles. The Labute approximate surface area is 238 Å². The fourth-order valence-electron chi connectivity index (χ4n) is 4.44. The molecule has 2 aromatic heterocycles. The van der Waals surface area contributed by atoms with E-state index in [2.05, 4.69) is 9.97 Å². The van der Waals surface area contributed by atoms with Crippen LogP contribution in [0.5, 0.6) is 0 Å². The normalized spacial score (nSPS) is 13.0. The predicted octanol–water partition coefficient (Wildman–Crippen LogP) is 6.77. The molecular weight excluding hydrogens is 555 g/mol. The summed E-state index contributed by atoms with van der Waals surface area (Å²) in [5.74, 6) is -1.51. The standard InChI is InChI=1S/C30H30F3N3O4S/c1-18-27(19(2)35-20(3)34-18)41(39)36(17-25-13-14-26(40-25)30(31,32)33)16-21-9-11-22(12-10-21)23-7-6-8-24(15-23)29(4,5)28(37)38/h6-15H,16-17H2,1-5H3,(H,37,38). The molecule has 2 aromatic carbocycles. The molecule has 0 radical (unpaired) electrons. The van der Waals surface area contributed by atoms with Gasteiger partial charge in [0, 0.05) is 6.54 Å². The molecular formula is C30H30F3N3O4S. The number of alkyl halides is 3. The van der Waals surface area contributed by atoms with Crippen LogP contribution in [0.25, 0.3) is 11.1 Å². The summed E-state index contributed by atoms with van der Waals surface area (Å²) in [4.78, 5) is 20.8. The highest BCUT2D eigenvalue weighted by Gasteiger charge is 2.35.